The van der Waals surface area contributed by atoms with Crippen LogP contribution in [0.25, 0.3) is 100 Å². The number of para-hydroxylation sites is 2. The minimum absolute atomic E-state index is 0.564. The lowest BCUT2D eigenvalue weighted by Gasteiger charge is -2.31. The summed E-state index contributed by atoms with van der Waals surface area (Å²) in [5.74, 6) is 1.80. The van der Waals surface area contributed by atoms with E-state index in [0.717, 1.165) is 60.6 Å². The maximum Gasteiger partial charge on any atom is 0.164 e. The molecule has 0 atom stereocenters. The molecule has 5 heteroatoms. The van der Waals surface area contributed by atoms with Crippen LogP contribution in [0, 0.1) is 0 Å². The van der Waals surface area contributed by atoms with Gasteiger partial charge in [0, 0.05) is 38.2 Å². The van der Waals surface area contributed by atoms with Crippen LogP contribution in [0.5, 0.6) is 0 Å². The number of furan rings is 2. The molecule has 3 heterocycles. The lowest BCUT2D eigenvalue weighted by molar-refractivity contribution is 0.668. The molecule has 0 aliphatic heterocycles. The quantitative estimate of drug-likeness (QED) is 0.181. The van der Waals surface area contributed by atoms with Crippen LogP contribution in [0.3, 0.4) is 0 Å². The van der Waals surface area contributed by atoms with Crippen molar-refractivity contribution >= 4 is 43.9 Å². The van der Waals surface area contributed by atoms with Crippen molar-refractivity contribution in [1.82, 2.24) is 15.0 Å². The van der Waals surface area contributed by atoms with Crippen molar-refractivity contribution < 1.29 is 8.83 Å². The first-order valence-electron chi connectivity index (χ1n) is 19.3. The zero-order valence-corrected chi connectivity index (χ0v) is 30.4. The predicted octanol–water partition coefficient (Wildman–Crippen LogP) is 13.0. The molecule has 57 heavy (non-hydrogen) atoms. The minimum Gasteiger partial charge on any atom is -0.456 e. The van der Waals surface area contributed by atoms with E-state index < -0.39 is 5.41 Å². The highest BCUT2D eigenvalue weighted by Gasteiger charge is 2.52. The van der Waals surface area contributed by atoms with Gasteiger partial charge in [0.15, 0.2) is 17.5 Å². The fourth-order valence-corrected chi connectivity index (χ4v) is 9.83. The van der Waals surface area contributed by atoms with Crippen LogP contribution in [0.4, 0.5) is 0 Å². The van der Waals surface area contributed by atoms with Crippen LogP contribution in [-0.4, -0.2) is 15.0 Å². The lowest BCUT2D eigenvalue weighted by atomic mass is 9.69. The maximum atomic E-state index is 6.23. The topological polar surface area (TPSA) is 65.0 Å². The number of nitrogens with zero attached hydrogens (tertiary/aromatic N) is 3. The molecule has 0 saturated heterocycles. The summed E-state index contributed by atoms with van der Waals surface area (Å²) in [4.78, 5) is 16.1. The van der Waals surface area contributed by atoms with E-state index in [1.807, 2.05) is 48.5 Å². The van der Waals surface area contributed by atoms with Gasteiger partial charge in [-0.15, -0.1) is 0 Å². The second-order valence-corrected chi connectivity index (χ2v) is 15.0. The Morgan fingerprint density at radius 3 is 1.26 bits per heavy atom. The number of benzene rings is 8. The molecule has 2 aliphatic carbocycles. The van der Waals surface area contributed by atoms with Crippen LogP contribution < -0.4 is 0 Å². The Morgan fingerprint density at radius 1 is 0.316 bits per heavy atom. The van der Waals surface area contributed by atoms with Gasteiger partial charge in [0.1, 0.15) is 22.3 Å². The summed E-state index contributed by atoms with van der Waals surface area (Å²) in [6, 6.07) is 62.0. The molecular formula is C52H29N3O2. The van der Waals surface area contributed by atoms with Gasteiger partial charge in [0.2, 0.25) is 0 Å². The summed E-state index contributed by atoms with van der Waals surface area (Å²) in [5, 5.41) is 4.15. The zero-order chi connectivity index (χ0) is 37.2. The van der Waals surface area contributed by atoms with E-state index >= 15 is 0 Å². The van der Waals surface area contributed by atoms with Crippen molar-refractivity contribution in [3.8, 4) is 56.4 Å². The van der Waals surface area contributed by atoms with E-state index in [-0.39, 0.29) is 0 Å². The highest BCUT2D eigenvalue weighted by Crippen LogP contribution is 2.64. The second kappa shape index (κ2) is 11.2. The van der Waals surface area contributed by atoms with Crippen molar-refractivity contribution in [3.05, 3.63) is 198 Å². The molecule has 11 aromatic rings. The Balaban J connectivity index is 1.11. The molecule has 0 saturated carbocycles. The number of hydrogen-bond donors (Lipinski definition) is 0. The number of fused-ring (bicyclic) bond motifs is 16. The van der Waals surface area contributed by atoms with Crippen LogP contribution in [0.1, 0.15) is 22.3 Å². The molecule has 0 bridgehead atoms. The average Bonchev–Trinajstić information content (AvgIpc) is 4.01. The molecule has 8 aromatic carbocycles. The summed E-state index contributed by atoms with van der Waals surface area (Å²) >= 11 is 0. The molecular weight excluding hydrogens is 699 g/mol. The smallest absolute Gasteiger partial charge is 0.164 e. The fourth-order valence-electron chi connectivity index (χ4n) is 9.83. The third-order valence-corrected chi connectivity index (χ3v) is 12.2. The molecule has 0 radical (unpaired) electrons. The predicted molar refractivity (Wildman–Crippen MR) is 227 cm³/mol. The Hall–Kier alpha value is -7.63. The molecule has 1 spiro atoms. The van der Waals surface area contributed by atoms with Crippen molar-refractivity contribution in [2.24, 2.45) is 0 Å². The third-order valence-electron chi connectivity index (χ3n) is 12.2. The summed E-state index contributed by atoms with van der Waals surface area (Å²) in [6.45, 7) is 0. The normalized spacial score (nSPS) is 13.4. The molecule has 264 valence electrons. The summed E-state index contributed by atoms with van der Waals surface area (Å²) < 4.78 is 12.5. The Bertz CT molecular complexity index is 3310. The van der Waals surface area contributed by atoms with Crippen molar-refractivity contribution in [1.29, 1.82) is 0 Å². The fraction of sp³-hybridized carbons (Fsp3) is 0.0192. The van der Waals surface area contributed by atoms with Gasteiger partial charge in [-0.3, -0.25) is 0 Å². The molecule has 0 N–H and O–H groups in total. The monoisotopic (exact) mass is 727 g/mol. The van der Waals surface area contributed by atoms with Crippen molar-refractivity contribution in [2.75, 3.05) is 0 Å². The van der Waals surface area contributed by atoms with Gasteiger partial charge in [-0.25, -0.2) is 15.0 Å². The Kier molecular flexibility index (Phi) is 6.04. The third kappa shape index (κ3) is 4.09. The van der Waals surface area contributed by atoms with E-state index in [2.05, 4.69) is 127 Å². The first-order valence-corrected chi connectivity index (χ1v) is 19.3. The molecule has 2 aliphatic rings. The Labute approximate surface area is 326 Å². The van der Waals surface area contributed by atoms with Gasteiger partial charge >= 0.3 is 0 Å². The summed E-state index contributed by atoms with van der Waals surface area (Å²) in [5.41, 5.74) is 15.5. The summed E-state index contributed by atoms with van der Waals surface area (Å²) in [6.07, 6.45) is 0. The number of hydrogen-bond acceptors (Lipinski definition) is 5. The highest BCUT2D eigenvalue weighted by atomic mass is 16.3. The SMILES string of the molecule is c1ccc2c(c1)-c1ccccc1C21c2ccccc2-c2cccc(-c3nc(-c4ccc5oc6ccccc6c5c4)nc(-c4ccc5oc6ccccc6c5c4)n3)c21. The molecule has 13 rings (SSSR count). The van der Waals surface area contributed by atoms with Crippen LogP contribution >= 0.6 is 0 Å². The minimum atomic E-state index is -0.564. The van der Waals surface area contributed by atoms with Gasteiger partial charge in [-0.1, -0.05) is 127 Å². The standard InChI is InChI=1S/C52H29N3O2/c1-6-19-41-32(12-1)33-13-2-7-20-42(33)52(41)43-21-8-3-14-34(43)37-17-11-18-38(48(37)52)51-54-49(30-24-26-46-39(28-30)35-15-4-9-22-44(35)56-46)53-50(55-51)31-25-27-47-40(29-31)36-16-5-10-23-45(36)57-47/h1-29H. The van der Waals surface area contributed by atoms with Gasteiger partial charge in [-0.2, -0.15) is 0 Å². The maximum absolute atomic E-state index is 6.23. The van der Waals surface area contributed by atoms with E-state index in [1.54, 1.807) is 0 Å². The lowest BCUT2D eigenvalue weighted by Crippen LogP contribution is -2.26. The van der Waals surface area contributed by atoms with Crippen LogP contribution in [0.2, 0.25) is 0 Å². The number of rotatable bonds is 3. The van der Waals surface area contributed by atoms with E-state index in [9.17, 15) is 0 Å². The van der Waals surface area contributed by atoms with Crippen molar-refractivity contribution in [3.63, 3.8) is 0 Å². The van der Waals surface area contributed by atoms with Gasteiger partial charge in [0.05, 0.1) is 5.41 Å². The largest absolute Gasteiger partial charge is 0.456 e. The number of aromatic nitrogens is 3. The van der Waals surface area contributed by atoms with E-state index in [4.69, 9.17) is 23.8 Å². The van der Waals surface area contributed by atoms with E-state index in [1.165, 1.54) is 44.5 Å². The van der Waals surface area contributed by atoms with Gasteiger partial charge in [0.25, 0.3) is 0 Å². The molecule has 0 amide bonds. The van der Waals surface area contributed by atoms with E-state index in [0.29, 0.717) is 17.5 Å². The highest BCUT2D eigenvalue weighted by molar-refractivity contribution is 6.07. The van der Waals surface area contributed by atoms with Gasteiger partial charge < -0.3 is 8.83 Å². The first kappa shape index (κ1) is 30.7. The van der Waals surface area contributed by atoms with Crippen LogP contribution in [-0.2, 0) is 5.41 Å². The molecule has 3 aromatic heterocycles. The van der Waals surface area contributed by atoms with Crippen molar-refractivity contribution in [2.45, 2.75) is 5.41 Å². The summed E-state index contributed by atoms with van der Waals surface area (Å²) in [7, 11) is 0. The second-order valence-electron chi connectivity index (χ2n) is 15.0. The van der Waals surface area contributed by atoms with Gasteiger partial charge in [-0.05, 0) is 93.0 Å². The Morgan fingerprint density at radius 2 is 0.719 bits per heavy atom. The van der Waals surface area contributed by atoms with Crippen LogP contribution in [0.15, 0.2) is 185 Å². The molecule has 5 nitrogen and oxygen atoms in total. The molecule has 0 unspecified atom stereocenters. The molecule has 0 fully saturated rings. The zero-order valence-electron chi connectivity index (χ0n) is 30.4. The first-order chi connectivity index (χ1) is 28.2. The average molecular weight is 728 g/mol.